The van der Waals surface area contributed by atoms with Gasteiger partial charge in [0.05, 0.1) is 6.61 Å². The molecule has 1 heterocycles. The highest BCUT2D eigenvalue weighted by Crippen LogP contribution is 1.90. The third-order valence-electron chi connectivity index (χ3n) is 2.02. The van der Waals surface area contributed by atoms with E-state index in [2.05, 4.69) is 15.4 Å². The Morgan fingerprint density at radius 1 is 1.75 bits per heavy atom. The highest BCUT2D eigenvalue weighted by molar-refractivity contribution is 5.73. The van der Waals surface area contributed by atoms with Crippen LogP contribution in [0.4, 0.5) is 0 Å². The van der Waals surface area contributed by atoms with Crippen molar-refractivity contribution in [2.75, 3.05) is 20.3 Å². The van der Waals surface area contributed by atoms with E-state index in [1.165, 1.54) is 7.11 Å². The molecule has 0 bridgehead atoms. The number of carboxylic acids is 1. The molecule has 1 aromatic heterocycles. The number of hydrogen-bond acceptors (Lipinski definition) is 5. The molecule has 7 heteroatoms. The van der Waals surface area contributed by atoms with Gasteiger partial charge in [-0.2, -0.15) is 5.10 Å². The molecule has 0 saturated carbocycles. The molecule has 0 saturated heterocycles. The third-order valence-corrected chi connectivity index (χ3v) is 2.02. The fourth-order valence-corrected chi connectivity index (χ4v) is 1.24. The van der Waals surface area contributed by atoms with Gasteiger partial charge in [-0.3, -0.25) is 9.48 Å². The first-order chi connectivity index (χ1) is 7.63. The first kappa shape index (κ1) is 12.6. The van der Waals surface area contributed by atoms with Crippen molar-refractivity contribution in [3.63, 3.8) is 0 Å². The Labute approximate surface area is 93.4 Å². The standard InChI is InChI=1S/C9H16N4O3/c1-13-6-11-8(12-13)3-4-10-7(5-16-2)9(14)15/h6-7,10H,3-5H2,1-2H3,(H,14,15). The lowest BCUT2D eigenvalue weighted by molar-refractivity contribution is -0.140. The number of rotatable bonds is 7. The number of ether oxygens (including phenoxy) is 1. The molecule has 0 amide bonds. The van der Waals surface area contributed by atoms with Crippen LogP contribution in [-0.2, 0) is 23.0 Å². The largest absolute Gasteiger partial charge is 0.480 e. The molecular formula is C9H16N4O3. The number of carboxylic acid groups (broad SMARTS) is 1. The highest BCUT2D eigenvalue weighted by Gasteiger charge is 2.15. The lowest BCUT2D eigenvalue weighted by Crippen LogP contribution is -2.41. The summed E-state index contributed by atoms with van der Waals surface area (Å²) in [5.41, 5.74) is 0. The van der Waals surface area contributed by atoms with E-state index in [1.54, 1.807) is 18.1 Å². The highest BCUT2D eigenvalue weighted by atomic mass is 16.5. The molecule has 16 heavy (non-hydrogen) atoms. The molecule has 90 valence electrons. The van der Waals surface area contributed by atoms with Crippen molar-refractivity contribution in [1.29, 1.82) is 0 Å². The SMILES string of the molecule is COCC(NCCc1ncn(C)n1)C(=O)O. The number of aryl methyl sites for hydroxylation is 1. The summed E-state index contributed by atoms with van der Waals surface area (Å²) in [7, 11) is 3.26. The smallest absolute Gasteiger partial charge is 0.323 e. The zero-order valence-electron chi connectivity index (χ0n) is 9.38. The third kappa shape index (κ3) is 3.95. The van der Waals surface area contributed by atoms with E-state index in [1.807, 2.05) is 0 Å². The zero-order chi connectivity index (χ0) is 12.0. The summed E-state index contributed by atoms with van der Waals surface area (Å²) in [5.74, 6) is -0.229. The van der Waals surface area contributed by atoms with Crippen molar-refractivity contribution in [1.82, 2.24) is 20.1 Å². The summed E-state index contributed by atoms with van der Waals surface area (Å²) in [4.78, 5) is 14.8. The molecule has 1 aromatic rings. The van der Waals surface area contributed by atoms with Gasteiger partial charge in [0.15, 0.2) is 5.82 Å². The maximum absolute atomic E-state index is 10.8. The van der Waals surface area contributed by atoms with Gasteiger partial charge >= 0.3 is 5.97 Å². The molecular weight excluding hydrogens is 212 g/mol. The van der Waals surface area contributed by atoms with Gasteiger partial charge in [0.25, 0.3) is 0 Å². The second-order valence-electron chi connectivity index (χ2n) is 3.38. The summed E-state index contributed by atoms with van der Waals surface area (Å²) in [6.07, 6.45) is 2.20. The maximum Gasteiger partial charge on any atom is 0.323 e. The van der Waals surface area contributed by atoms with Crippen LogP contribution in [0.5, 0.6) is 0 Å². The second kappa shape index (κ2) is 6.19. The number of methoxy groups -OCH3 is 1. The summed E-state index contributed by atoms with van der Waals surface area (Å²) in [6, 6.07) is -0.686. The van der Waals surface area contributed by atoms with Crippen LogP contribution in [0.3, 0.4) is 0 Å². The van der Waals surface area contributed by atoms with E-state index in [-0.39, 0.29) is 6.61 Å². The van der Waals surface area contributed by atoms with Crippen LogP contribution in [0.1, 0.15) is 5.82 Å². The van der Waals surface area contributed by atoms with Crippen molar-refractivity contribution < 1.29 is 14.6 Å². The van der Waals surface area contributed by atoms with Crippen molar-refractivity contribution in [2.24, 2.45) is 7.05 Å². The van der Waals surface area contributed by atoms with Gasteiger partial charge in [-0.05, 0) is 0 Å². The Balaban J connectivity index is 2.30. The number of aliphatic carboxylic acids is 1. The second-order valence-corrected chi connectivity index (χ2v) is 3.38. The zero-order valence-corrected chi connectivity index (χ0v) is 9.38. The molecule has 0 spiro atoms. The predicted molar refractivity (Wildman–Crippen MR) is 56.0 cm³/mol. The van der Waals surface area contributed by atoms with Crippen molar-refractivity contribution in [3.8, 4) is 0 Å². The lowest BCUT2D eigenvalue weighted by Gasteiger charge is -2.12. The molecule has 7 nitrogen and oxygen atoms in total. The minimum Gasteiger partial charge on any atom is -0.480 e. The van der Waals surface area contributed by atoms with Crippen LogP contribution >= 0.6 is 0 Å². The topological polar surface area (TPSA) is 89.3 Å². The molecule has 1 atom stereocenters. The first-order valence-corrected chi connectivity index (χ1v) is 4.93. The van der Waals surface area contributed by atoms with E-state index in [0.29, 0.717) is 18.8 Å². The van der Waals surface area contributed by atoms with E-state index in [9.17, 15) is 4.79 Å². The Bertz CT molecular complexity index is 339. The van der Waals surface area contributed by atoms with Crippen molar-refractivity contribution in [3.05, 3.63) is 12.2 Å². The van der Waals surface area contributed by atoms with Crippen LogP contribution in [0.25, 0.3) is 0 Å². The van der Waals surface area contributed by atoms with Gasteiger partial charge in [0.2, 0.25) is 0 Å². The molecule has 1 rings (SSSR count). The van der Waals surface area contributed by atoms with Crippen LogP contribution < -0.4 is 5.32 Å². The summed E-state index contributed by atoms with van der Waals surface area (Å²) in [6.45, 7) is 0.648. The fraction of sp³-hybridized carbons (Fsp3) is 0.667. The van der Waals surface area contributed by atoms with E-state index in [0.717, 1.165) is 0 Å². The Kier molecular flexibility index (Phi) is 4.87. The Hall–Kier alpha value is -1.47. The summed E-state index contributed by atoms with van der Waals surface area (Å²) < 4.78 is 6.40. The van der Waals surface area contributed by atoms with Crippen LogP contribution in [-0.4, -0.2) is 52.1 Å². The molecule has 0 aliphatic rings. The minimum absolute atomic E-state index is 0.144. The summed E-state index contributed by atoms with van der Waals surface area (Å²) >= 11 is 0. The number of aromatic nitrogens is 3. The molecule has 2 N–H and O–H groups in total. The average Bonchev–Trinajstić information content (AvgIpc) is 2.63. The molecule has 0 aliphatic carbocycles. The maximum atomic E-state index is 10.8. The molecule has 0 aliphatic heterocycles. The van der Waals surface area contributed by atoms with E-state index in [4.69, 9.17) is 9.84 Å². The van der Waals surface area contributed by atoms with Gasteiger partial charge in [0.1, 0.15) is 12.4 Å². The Morgan fingerprint density at radius 3 is 3.00 bits per heavy atom. The normalized spacial score (nSPS) is 12.6. The van der Waals surface area contributed by atoms with E-state index >= 15 is 0 Å². The molecule has 0 radical (unpaired) electrons. The van der Waals surface area contributed by atoms with Crippen LogP contribution in [0.2, 0.25) is 0 Å². The number of hydrogen-bond donors (Lipinski definition) is 2. The number of nitrogens with one attached hydrogen (secondary N) is 1. The van der Waals surface area contributed by atoms with Gasteiger partial charge < -0.3 is 15.2 Å². The van der Waals surface area contributed by atoms with Gasteiger partial charge in [0, 0.05) is 27.1 Å². The van der Waals surface area contributed by atoms with Crippen molar-refractivity contribution in [2.45, 2.75) is 12.5 Å². The van der Waals surface area contributed by atoms with Gasteiger partial charge in [-0.25, -0.2) is 4.98 Å². The lowest BCUT2D eigenvalue weighted by atomic mass is 10.3. The average molecular weight is 228 g/mol. The Morgan fingerprint density at radius 2 is 2.50 bits per heavy atom. The van der Waals surface area contributed by atoms with Gasteiger partial charge in [-0.15, -0.1) is 0 Å². The van der Waals surface area contributed by atoms with E-state index < -0.39 is 12.0 Å². The molecule has 0 aromatic carbocycles. The molecule has 0 fully saturated rings. The predicted octanol–water partition coefficient (Wildman–Crippen LogP) is -0.953. The van der Waals surface area contributed by atoms with Crippen LogP contribution in [0.15, 0.2) is 6.33 Å². The van der Waals surface area contributed by atoms with Crippen molar-refractivity contribution >= 4 is 5.97 Å². The minimum atomic E-state index is -0.921. The monoisotopic (exact) mass is 228 g/mol. The number of carbonyl (C=O) groups is 1. The quantitative estimate of drug-likeness (QED) is 0.625. The summed E-state index contributed by atoms with van der Waals surface area (Å²) in [5, 5.41) is 15.8. The first-order valence-electron chi connectivity index (χ1n) is 4.93. The number of nitrogens with zero attached hydrogens (tertiary/aromatic N) is 3. The fourth-order valence-electron chi connectivity index (χ4n) is 1.24. The van der Waals surface area contributed by atoms with Gasteiger partial charge in [-0.1, -0.05) is 0 Å². The van der Waals surface area contributed by atoms with Crippen LogP contribution in [0, 0.1) is 0 Å². The molecule has 1 unspecified atom stereocenters.